The van der Waals surface area contributed by atoms with E-state index in [9.17, 15) is 9.59 Å². The summed E-state index contributed by atoms with van der Waals surface area (Å²) in [6, 6.07) is 0. The molecule has 0 radical (unpaired) electrons. The monoisotopic (exact) mass is 215 g/mol. The first kappa shape index (κ1) is 12.0. The molecule has 0 amide bonds. The average Bonchev–Trinajstić information content (AvgIpc) is 2.10. The van der Waals surface area contributed by atoms with Crippen LogP contribution in [-0.4, -0.2) is 29.7 Å². The lowest BCUT2D eigenvalue weighted by atomic mass is 9.81. The maximum Gasteiger partial charge on any atom is 0.306 e. The Bertz CT molecular complexity index is 238. The van der Waals surface area contributed by atoms with E-state index in [0.29, 0.717) is 12.5 Å². The highest BCUT2D eigenvalue weighted by Crippen LogP contribution is 2.30. The van der Waals surface area contributed by atoms with Gasteiger partial charge < -0.3 is 15.6 Å². The number of rotatable bonds is 6. The number of nitrogens with two attached hydrogens (primary N) is 1. The molecule has 1 saturated carbocycles. The van der Waals surface area contributed by atoms with Crippen molar-refractivity contribution in [2.24, 2.45) is 11.7 Å². The molecule has 0 bridgehead atoms. The Morgan fingerprint density at radius 1 is 1.40 bits per heavy atom. The van der Waals surface area contributed by atoms with Gasteiger partial charge in [-0.25, -0.2) is 0 Å². The van der Waals surface area contributed by atoms with E-state index in [0.717, 1.165) is 19.3 Å². The predicted molar refractivity (Wildman–Crippen MR) is 53.1 cm³/mol. The van der Waals surface area contributed by atoms with Gasteiger partial charge in [0.15, 0.2) is 0 Å². The molecule has 1 rings (SSSR count). The zero-order chi connectivity index (χ0) is 11.3. The number of ether oxygens (including phenoxy) is 1. The Labute approximate surface area is 88.6 Å². The molecule has 1 aliphatic carbocycles. The molecule has 0 aromatic heterocycles. The fourth-order valence-corrected chi connectivity index (χ4v) is 1.59. The summed E-state index contributed by atoms with van der Waals surface area (Å²) >= 11 is 0. The van der Waals surface area contributed by atoms with Gasteiger partial charge in [0.25, 0.3) is 0 Å². The SMILES string of the molecule is NCC(OC(=O)CCC(=O)O)C1CCC1. The second-order valence-electron chi connectivity index (χ2n) is 3.85. The van der Waals surface area contributed by atoms with Gasteiger partial charge in [-0.05, 0) is 18.8 Å². The number of carbonyl (C=O) groups excluding carboxylic acids is 1. The lowest BCUT2D eigenvalue weighted by Crippen LogP contribution is -2.37. The van der Waals surface area contributed by atoms with Gasteiger partial charge in [-0.3, -0.25) is 9.59 Å². The largest absolute Gasteiger partial charge is 0.481 e. The Morgan fingerprint density at radius 2 is 2.07 bits per heavy atom. The molecule has 86 valence electrons. The molecule has 0 heterocycles. The summed E-state index contributed by atoms with van der Waals surface area (Å²) in [4.78, 5) is 21.4. The number of aliphatic carboxylic acids is 1. The summed E-state index contributed by atoms with van der Waals surface area (Å²) in [6.45, 7) is 0.323. The van der Waals surface area contributed by atoms with Crippen LogP contribution in [0.4, 0.5) is 0 Å². The number of carboxylic acids is 1. The van der Waals surface area contributed by atoms with Crippen LogP contribution in [0.15, 0.2) is 0 Å². The molecule has 5 nitrogen and oxygen atoms in total. The smallest absolute Gasteiger partial charge is 0.306 e. The van der Waals surface area contributed by atoms with Gasteiger partial charge in [0.05, 0.1) is 12.8 Å². The van der Waals surface area contributed by atoms with Crippen LogP contribution in [0.2, 0.25) is 0 Å². The van der Waals surface area contributed by atoms with Crippen molar-refractivity contribution in [1.82, 2.24) is 0 Å². The number of carboxylic acid groups (broad SMARTS) is 1. The first-order valence-corrected chi connectivity index (χ1v) is 5.25. The van der Waals surface area contributed by atoms with E-state index in [4.69, 9.17) is 15.6 Å². The van der Waals surface area contributed by atoms with Crippen molar-refractivity contribution in [3.63, 3.8) is 0 Å². The lowest BCUT2D eigenvalue weighted by molar-refractivity contribution is -0.155. The summed E-state index contributed by atoms with van der Waals surface area (Å²) in [5, 5.41) is 8.39. The number of hydrogen-bond donors (Lipinski definition) is 2. The third kappa shape index (κ3) is 3.87. The molecule has 1 atom stereocenters. The van der Waals surface area contributed by atoms with Gasteiger partial charge in [0.1, 0.15) is 6.10 Å². The van der Waals surface area contributed by atoms with E-state index in [1.807, 2.05) is 0 Å². The van der Waals surface area contributed by atoms with Gasteiger partial charge in [0, 0.05) is 6.54 Å². The number of carbonyl (C=O) groups is 2. The summed E-state index contributed by atoms with van der Waals surface area (Å²) in [7, 11) is 0. The topological polar surface area (TPSA) is 89.6 Å². The minimum absolute atomic E-state index is 0.0709. The minimum atomic E-state index is -0.986. The first-order chi connectivity index (χ1) is 7.13. The van der Waals surface area contributed by atoms with E-state index in [1.165, 1.54) is 0 Å². The molecule has 1 unspecified atom stereocenters. The van der Waals surface area contributed by atoms with Crippen molar-refractivity contribution in [2.75, 3.05) is 6.54 Å². The minimum Gasteiger partial charge on any atom is -0.481 e. The normalized spacial score (nSPS) is 17.9. The quantitative estimate of drug-likeness (QED) is 0.630. The lowest BCUT2D eigenvalue weighted by Gasteiger charge is -2.32. The Balaban J connectivity index is 2.24. The van der Waals surface area contributed by atoms with Crippen LogP contribution in [-0.2, 0) is 14.3 Å². The van der Waals surface area contributed by atoms with Crippen molar-refractivity contribution >= 4 is 11.9 Å². The van der Waals surface area contributed by atoms with Gasteiger partial charge in [-0.15, -0.1) is 0 Å². The average molecular weight is 215 g/mol. The van der Waals surface area contributed by atoms with Crippen LogP contribution < -0.4 is 5.73 Å². The molecule has 0 saturated heterocycles. The first-order valence-electron chi connectivity index (χ1n) is 5.25. The molecule has 0 aromatic rings. The Kier molecular flexibility index (Phi) is 4.55. The molecule has 5 heteroatoms. The van der Waals surface area contributed by atoms with E-state index in [1.54, 1.807) is 0 Å². The molecular formula is C10H17NO4. The molecular weight excluding hydrogens is 198 g/mol. The zero-order valence-electron chi connectivity index (χ0n) is 8.65. The molecule has 0 spiro atoms. The van der Waals surface area contributed by atoms with Gasteiger partial charge in [-0.1, -0.05) is 6.42 Å². The fourth-order valence-electron chi connectivity index (χ4n) is 1.59. The molecule has 15 heavy (non-hydrogen) atoms. The number of esters is 1. The number of hydrogen-bond acceptors (Lipinski definition) is 4. The zero-order valence-corrected chi connectivity index (χ0v) is 8.65. The second-order valence-corrected chi connectivity index (χ2v) is 3.85. The van der Waals surface area contributed by atoms with E-state index >= 15 is 0 Å². The van der Waals surface area contributed by atoms with Crippen molar-refractivity contribution < 1.29 is 19.4 Å². The molecule has 0 aromatic carbocycles. The van der Waals surface area contributed by atoms with E-state index in [2.05, 4.69) is 0 Å². The molecule has 1 fully saturated rings. The molecule has 0 aliphatic heterocycles. The van der Waals surface area contributed by atoms with Crippen LogP contribution in [0.25, 0.3) is 0 Å². The van der Waals surface area contributed by atoms with E-state index in [-0.39, 0.29) is 18.9 Å². The maximum absolute atomic E-state index is 11.2. The van der Waals surface area contributed by atoms with E-state index < -0.39 is 11.9 Å². The van der Waals surface area contributed by atoms with Crippen molar-refractivity contribution in [3.8, 4) is 0 Å². The highest BCUT2D eigenvalue weighted by molar-refractivity contribution is 5.76. The van der Waals surface area contributed by atoms with Crippen LogP contribution in [0, 0.1) is 5.92 Å². The molecule has 3 N–H and O–H groups in total. The fraction of sp³-hybridized carbons (Fsp3) is 0.800. The van der Waals surface area contributed by atoms with Crippen LogP contribution in [0.3, 0.4) is 0 Å². The van der Waals surface area contributed by atoms with Gasteiger partial charge in [-0.2, -0.15) is 0 Å². The van der Waals surface area contributed by atoms with Gasteiger partial charge >= 0.3 is 11.9 Å². The van der Waals surface area contributed by atoms with Crippen molar-refractivity contribution in [3.05, 3.63) is 0 Å². The summed E-state index contributed by atoms with van der Waals surface area (Å²) in [5.41, 5.74) is 5.49. The third-order valence-electron chi connectivity index (χ3n) is 2.73. The standard InChI is InChI=1S/C10H17NO4/c11-6-8(7-2-1-3-7)15-10(14)5-4-9(12)13/h7-8H,1-6,11H2,(H,12,13). The summed E-state index contributed by atoms with van der Waals surface area (Å²) in [6.07, 6.45) is 2.79. The molecule has 1 aliphatic rings. The van der Waals surface area contributed by atoms with Crippen molar-refractivity contribution in [1.29, 1.82) is 0 Å². The van der Waals surface area contributed by atoms with Crippen molar-refractivity contribution in [2.45, 2.75) is 38.2 Å². The van der Waals surface area contributed by atoms with Crippen LogP contribution in [0.1, 0.15) is 32.1 Å². The van der Waals surface area contributed by atoms with Gasteiger partial charge in [0.2, 0.25) is 0 Å². The van der Waals surface area contributed by atoms with Crippen LogP contribution in [0.5, 0.6) is 0 Å². The Morgan fingerprint density at radius 3 is 2.47 bits per heavy atom. The third-order valence-corrected chi connectivity index (χ3v) is 2.73. The maximum atomic E-state index is 11.2. The summed E-state index contributed by atoms with van der Waals surface area (Å²) in [5.74, 6) is -1.07. The predicted octanol–water partition coefficient (Wildman–Crippen LogP) is 0.522. The summed E-state index contributed by atoms with van der Waals surface area (Å²) < 4.78 is 5.13. The highest BCUT2D eigenvalue weighted by atomic mass is 16.5. The Hall–Kier alpha value is -1.10. The second kappa shape index (κ2) is 5.70. The highest BCUT2D eigenvalue weighted by Gasteiger charge is 2.29. The van der Waals surface area contributed by atoms with Crippen LogP contribution >= 0.6 is 0 Å².